The highest BCUT2D eigenvalue weighted by atomic mass is 32.2. The number of carbonyl (C=O) groups is 1. The van der Waals surface area contributed by atoms with E-state index in [0.717, 1.165) is 6.07 Å². The molecule has 0 aliphatic rings. The lowest BCUT2D eigenvalue weighted by atomic mass is 10.3. The van der Waals surface area contributed by atoms with E-state index in [4.69, 9.17) is 4.74 Å². The fourth-order valence-electron chi connectivity index (χ4n) is 2.19. The van der Waals surface area contributed by atoms with Crippen molar-refractivity contribution in [3.63, 3.8) is 0 Å². The second-order valence-electron chi connectivity index (χ2n) is 5.43. The predicted octanol–water partition coefficient (Wildman–Crippen LogP) is 3.43. The Hall–Kier alpha value is -2.75. The quantitative estimate of drug-likeness (QED) is 0.694. The molecule has 146 valence electrons. The second-order valence-corrected chi connectivity index (χ2v) is 7.34. The van der Waals surface area contributed by atoms with Crippen LogP contribution in [0.25, 0.3) is 0 Å². The molecule has 10 heteroatoms. The highest BCUT2D eigenvalue weighted by Crippen LogP contribution is 2.34. The third-order valence-corrected chi connectivity index (χ3v) is 4.87. The number of carbonyl (C=O) groups excluding carboxylic acids is 1. The predicted molar refractivity (Wildman–Crippen MR) is 94.4 cm³/mol. The Morgan fingerprint density at radius 1 is 1.11 bits per heavy atom. The zero-order valence-electron chi connectivity index (χ0n) is 14.2. The van der Waals surface area contributed by atoms with E-state index >= 15 is 0 Å². The van der Waals surface area contributed by atoms with E-state index in [1.54, 1.807) is 24.3 Å². The molecule has 2 N–H and O–H groups in total. The first-order chi connectivity index (χ1) is 12.6. The molecule has 27 heavy (non-hydrogen) atoms. The average Bonchev–Trinajstić information content (AvgIpc) is 2.58. The number of hydrogen-bond donors (Lipinski definition) is 2. The van der Waals surface area contributed by atoms with E-state index in [9.17, 15) is 26.4 Å². The molecule has 2 aromatic rings. The number of anilines is 2. The summed E-state index contributed by atoms with van der Waals surface area (Å²) < 4.78 is 67.0. The van der Waals surface area contributed by atoms with Gasteiger partial charge in [-0.2, -0.15) is 13.2 Å². The number of amides is 1. The minimum atomic E-state index is -5.46. The largest absolute Gasteiger partial charge is 0.501 e. The van der Waals surface area contributed by atoms with E-state index < -0.39 is 20.2 Å². The van der Waals surface area contributed by atoms with Crippen LogP contribution in [0, 0.1) is 0 Å². The van der Waals surface area contributed by atoms with E-state index in [2.05, 4.69) is 10.6 Å². The lowest BCUT2D eigenvalue weighted by Gasteiger charge is -2.14. The van der Waals surface area contributed by atoms with Gasteiger partial charge in [-0.3, -0.25) is 4.79 Å². The lowest BCUT2D eigenvalue weighted by Crippen LogP contribution is -2.24. The van der Waals surface area contributed by atoms with Gasteiger partial charge in [-0.1, -0.05) is 18.2 Å². The molecule has 6 nitrogen and oxygen atoms in total. The van der Waals surface area contributed by atoms with Gasteiger partial charge < -0.3 is 15.4 Å². The Morgan fingerprint density at radius 3 is 2.48 bits per heavy atom. The molecule has 0 unspecified atom stereocenters. The van der Waals surface area contributed by atoms with E-state index in [1.165, 1.54) is 25.1 Å². The van der Waals surface area contributed by atoms with Gasteiger partial charge in [0.1, 0.15) is 12.4 Å². The number of sulfone groups is 1. The molecule has 0 atom stereocenters. The Kier molecular flexibility index (Phi) is 6.32. The number of nitrogens with one attached hydrogen (secondary N) is 2. The van der Waals surface area contributed by atoms with Gasteiger partial charge in [0, 0.05) is 25.2 Å². The second kappa shape index (κ2) is 8.30. The van der Waals surface area contributed by atoms with Crippen LogP contribution in [0.15, 0.2) is 53.4 Å². The normalized spacial score (nSPS) is 11.7. The number of hydrogen-bond acceptors (Lipinski definition) is 5. The summed E-state index contributed by atoms with van der Waals surface area (Å²) in [5, 5.41) is 5.23. The van der Waals surface area contributed by atoms with Crippen molar-refractivity contribution in [1.82, 2.24) is 0 Å². The summed E-state index contributed by atoms with van der Waals surface area (Å²) >= 11 is 0. The first kappa shape index (κ1) is 20.6. The van der Waals surface area contributed by atoms with Crippen LogP contribution in [0.3, 0.4) is 0 Å². The minimum absolute atomic E-state index is 0.0594. The summed E-state index contributed by atoms with van der Waals surface area (Å²) in [6.45, 7) is 1.49. The molecule has 0 heterocycles. The smallest absolute Gasteiger partial charge is 0.492 e. The molecule has 0 saturated carbocycles. The molecule has 0 aliphatic heterocycles. The van der Waals surface area contributed by atoms with Gasteiger partial charge in [-0.25, -0.2) is 8.42 Å². The van der Waals surface area contributed by atoms with Gasteiger partial charge in [0.2, 0.25) is 5.91 Å². The average molecular weight is 402 g/mol. The fourth-order valence-corrected chi connectivity index (χ4v) is 3.13. The van der Waals surface area contributed by atoms with Crippen LogP contribution < -0.4 is 15.4 Å². The number of halogens is 3. The minimum Gasteiger partial charge on any atom is -0.492 e. The Bertz CT molecular complexity index is 914. The van der Waals surface area contributed by atoms with Gasteiger partial charge in [0.15, 0.2) is 0 Å². The van der Waals surface area contributed by atoms with Crippen molar-refractivity contribution in [1.29, 1.82) is 0 Å². The summed E-state index contributed by atoms with van der Waals surface area (Å²) in [4.78, 5) is 10.2. The number of ether oxygens (including phenoxy) is 1. The molecule has 0 aliphatic carbocycles. The van der Waals surface area contributed by atoms with Crippen molar-refractivity contribution >= 4 is 27.1 Å². The molecule has 0 spiro atoms. The SMILES string of the molecule is CC(=O)Nc1cccc(OCCNc2ccccc2S(=O)(=O)C(F)(F)F)c1. The molecule has 2 aromatic carbocycles. The highest BCUT2D eigenvalue weighted by Gasteiger charge is 2.47. The molecular weight excluding hydrogens is 385 g/mol. The maximum Gasteiger partial charge on any atom is 0.501 e. The van der Waals surface area contributed by atoms with Crippen LogP contribution in [0.1, 0.15) is 6.92 Å². The Labute approximate surface area is 154 Å². The molecule has 0 saturated heterocycles. The van der Waals surface area contributed by atoms with Crippen molar-refractivity contribution in [2.24, 2.45) is 0 Å². The van der Waals surface area contributed by atoms with Crippen molar-refractivity contribution in [2.75, 3.05) is 23.8 Å². The number of alkyl halides is 3. The maximum atomic E-state index is 12.8. The zero-order chi connectivity index (χ0) is 20.1. The lowest BCUT2D eigenvalue weighted by molar-refractivity contribution is -0.114. The fraction of sp³-hybridized carbons (Fsp3) is 0.235. The third-order valence-electron chi connectivity index (χ3n) is 3.32. The standard InChI is InChI=1S/C17H17F3N2O4S/c1-12(23)22-13-5-4-6-14(11-13)26-10-9-21-15-7-2-3-8-16(15)27(24,25)17(18,19)20/h2-8,11,21H,9-10H2,1H3,(H,22,23). The Morgan fingerprint density at radius 2 is 1.81 bits per heavy atom. The first-order valence-corrected chi connectivity index (χ1v) is 9.24. The van der Waals surface area contributed by atoms with Gasteiger partial charge in [-0.05, 0) is 24.3 Å². The number of rotatable bonds is 7. The summed E-state index contributed by atoms with van der Waals surface area (Å²) in [6, 6.07) is 11.4. The van der Waals surface area contributed by atoms with E-state index in [-0.39, 0.29) is 24.7 Å². The number of benzene rings is 2. The van der Waals surface area contributed by atoms with Crippen molar-refractivity contribution in [3.05, 3.63) is 48.5 Å². The first-order valence-electron chi connectivity index (χ1n) is 7.76. The molecule has 0 fully saturated rings. The van der Waals surface area contributed by atoms with Crippen LogP contribution in [0.5, 0.6) is 5.75 Å². The van der Waals surface area contributed by atoms with Crippen molar-refractivity contribution in [2.45, 2.75) is 17.3 Å². The van der Waals surface area contributed by atoms with Gasteiger partial charge in [0.25, 0.3) is 9.84 Å². The Balaban J connectivity index is 2.00. The molecule has 1 amide bonds. The zero-order valence-corrected chi connectivity index (χ0v) is 15.0. The number of para-hydroxylation sites is 1. The van der Waals surface area contributed by atoms with Gasteiger partial charge in [-0.15, -0.1) is 0 Å². The summed E-state index contributed by atoms with van der Waals surface area (Å²) in [6.07, 6.45) is 0. The van der Waals surface area contributed by atoms with Crippen LogP contribution in [0.2, 0.25) is 0 Å². The van der Waals surface area contributed by atoms with Gasteiger partial charge >= 0.3 is 5.51 Å². The molecular formula is C17H17F3N2O4S. The summed E-state index contributed by atoms with van der Waals surface area (Å²) in [7, 11) is -5.46. The third kappa shape index (κ3) is 5.36. The van der Waals surface area contributed by atoms with Crippen LogP contribution in [-0.4, -0.2) is 33.0 Å². The highest BCUT2D eigenvalue weighted by molar-refractivity contribution is 7.92. The molecule has 0 aromatic heterocycles. The summed E-state index contributed by atoms with van der Waals surface area (Å²) in [5.74, 6) is 0.204. The molecule has 0 radical (unpaired) electrons. The molecule has 0 bridgehead atoms. The summed E-state index contributed by atoms with van der Waals surface area (Å²) in [5.41, 5.74) is -5.01. The van der Waals surface area contributed by atoms with Crippen molar-refractivity contribution in [3.8, 4) is 5.75 Å². The monoisotopic (exact) mass is 402 g/mol. The van der Waals surface area contributed by atoms with Crippen LogP contribution in [-0.2, 0) is 14.6 Å². The van der Waals surface area contributed by atoms with Gasteiger partial charge in [0.05, 0.1) is 10.6 Å². The van der Waals surface area contributed by atoms with Crippen LogP contribution >= 0.6 is 0 Å². The topological polar surface area (TPSA) is 84.5 Å². The van der Waals surface area contributed by atoms with Crippen LogP contribution in [0.4, 0.5) is 24.5 Å². The van der Waals surface area contributed by atoms with E-state index in [0.29, 0.717) is 11.4 Å². The van der Waals surface area contributed by atoms with E-state index in [1.807, 2.05) is 0 Å². The molecule has 2 rings (SSSR count). The van der Waals surface area contributed by atoms with Crippen molar-refractivity contribution < 1.29 is 31.1 Å². The maximum absolute atomic E-state index is 12.8.